The monoisotopic (exact) mass is 187 g/mol. The van der Waals surface area contributed by atoms with E-state index in [-0.39, 0.29) is 0 Å². The predicted octanol–water partition coefficient (Wildman–Crippen LogP) is 3.49. The van der Waals surface area contributed by atoms with Crippen LogP contribution in [0.5, 0.6) is 0 Å². The summed E-state index contributed by atoms with van der Waals surface area (Å²) in [6.07, 6.45) is 0.524. The van der Waals surface area contributed by atoms with E-state index >= 15 is 0 Å². The third kappa shape index (κ3) is 2.14. The molecule has 0 amide bonds. The summed E-state index contributed by atoms with van der Waals surface area (Å²) in [5.74, 6) is 0.559. The summed E-state index contributed by atoms with van der Waals surface area (Å²) in [6.45, 7) is 8.56. The molecule has 1 aromatic rings. The highest BCUT2D eigenvalue weighted by Gasteiger charge is 2.06. The molecular weight excluding hydrogens is 170 g/mol. The van der Waals surface area contributed by atoms with E-state index in [1.165, 1.54) is 22.3 Å². The lowest BCUT2D eigenvalue weighted by atomic mass is 9.93. The minimum Gasteiger partial charge on any atom is -0.198 e. The molecule has 0 bridgehead atoms. The van der Waals surface area contributed by atoms with Crippen molar-refractivity contribution in [2.45, 2.75) is 40.0 Å². The van der Waals surface area contributed by atoms with Crippen molar-refractivity contribution in [3.8, 4) is 6.07 Å². The van der Waals surface area contributed by atoms with Gasteiger partial charge < -0.3 is 0 Å². The Hall–Kier alpha value is -1.29. The highest BCUT2D eigenvalue weighted by atomic mass is 14.2. The van der Waals surface area contributed by atoms with Crippen LogP contribution in [0.1, 0.15) is 42.0 Å². The highest BCUT2D eigenvalue weighted by molar-refractivity contribution is 5.40. The van der Waals surface area contributed by atoms with E-state index in [2.05, 4.69) is 45.9 Å². The minimum atomic E-state index is 0.524. The average Bonchev–Trinajstić information content (AvgIpc) is 2.10. The summed E-state index contributed by atoms with van der Waals surface area (Å²) in [6, 6.07) is 6.61. The molecule has 0 atom stereocenters. The van der Waals surface area contributed by atoms with Crippen LogP contribution in [0.3, 0.4) is 0 Å². The van der Waals surface area contributed by atoms with Crippen LogP contribution in [0, 0.1) is 25.2 Å². The van der Waals surface area contributed by atoms with Gasteiger partial charge in [-0.3, -0.25) is 0 Å². The molecule has 1 nitrogen and oxygen atoms in total. The van der Waals surface area contributed by atoms with E-state index in [9.17, 15) is 0 Å². The van der Waals surface area contributed by atoms with Gasteiger partial charge in [-0.1, -0.05) is 26.0 Å². The average molecular weight is 187 g/mol. The van der Waals surface area contributed by atoms with E-state index < -0.39 is 0 Å². The molecule has 0 spiro atoms. The Morgan fingerprint density at radius 1 is 1.21 bits per heavy atom. The first-order chi connectivity index (χ1) is 6.56. The summed E-state index contributed by atoms with van der Waals surface area (Å²) < 4.78 is 0. The smallest absolute Gasteiger partial charge is 0.0669 e. The van der Waals surface area contributed by atoms with Gasteiger partial charge in [0.1, 0.15) is 0 Å². The molecule has 0 saturated carbocycles. The number of hydrogen-bond donors (Lipinski definition) is 0. The molecule has 0 radical (unpaired) electrons. The van der Waals surface area contributed by atoms with Gasteiger partial charge in [0.05, 0.1) is 12.5 Å². The number of aryl methyl sites for hydroxylation is 2. The van der Waals surface area contributed by atoms with E-state index in [0.717, 1.165) is 0 Å². The second-order valence-electron chi connectivity index (χ2n) is 4.12. The largest absolute Gasteiger partial charge is 0.198 e. The summed E-state index contributed by atoms with van der Waals surface area (Å²) >= 11 is 0. The van der Waals surface area contributed by atoms with Crippen LogP contribution in [0.4, 0.5) is 0 Å². The van der Waals surface area contributed by atoms with Crippen LogP contribution < -0.4 is 0 Å². The number of nitriles is 1. The number of benzene rings is 1. The topological polar surface area (TPSA) is 23.8 Å². The summed E-state index contributed by atoms with van der Waals surface area (Å²) in [4.78, 5) is 0. The third-order valence-corrected chi connectivity index (χ3v) is 2.64. The van der Waals surface area contributed by atoms with E-state index in [4.69, 9.17) is 5.26 Å². The Labute approximate surface area is 86.4 Å². The molecule has 1 aromatic carbocycles. The normalized spacial score (nSPS) is 10.3. The van der Waals surface area contributed by atoms with Gasteiger partial charge in [0.25, 0.3) is 0 Å². The maximum atomic E-state index is 8.70. The predicted molar refractivity (Wildman–Crippen MR) is 59.3 cm³/mol. The molecule has 0 heterocycles. The lowest BCUT2D eigenvalue weighted by Gasteiger charge is -2.12. The first-order valence-electron chi connectivity index (χ1n) is 5.03. The SMILES string of the molecule is Cc1cc(C(C)C)cc(C)c1CC#N. The molecule has 0 saturated heterocycles. The Morgan fingerprint density at radius 3 is 2.07 bits per heavy atom. The van der Waals surface area contributed by atoms with Crippen molar-refractivity contribution in [2.24, 2.45) is 0 Å². The van der Waals surface area contributed by atoms with Crippen molar-refractivity contribution >= 4 is 0 Å². The molecular formula is C13H17N. The Morgan fingerprint density at radius 2 is 1.71 bits per heavy atom. The maximum Gasteiger partial charge on any atom is 0.0669 e. The zero-order valence-electron chi connectivity index (χ0n) is 9.39. The second kappa shape index (κ2) is 4.28. The van der Waals surface area contributed by atoms with Crippen molar-refractivity contribution < 1.29 is 0 Å². The van der Waals surface area contributed by atoms with Crippen LogP contribution in [0.15, 0.2) is 12.1 Å². The Kier molecular flexibility index (Phi) is 3.30. The van der Waals surface area contributed by atoms with Gasteiger partial charge in [-0.2, -0.15) is 5.26 Å². The van der Waals surface area contributed by atoms with Crippen LogP contribution >= 0.6 is 0 Å². The number of rotatable bonds is 2. The molecule has 0 aliphatic rings. The zero-order chi connectivity index (χ0) is 10.7. The quantitative estimate of drug-likeness (QED) is 0.695. The van der Waals surface area contributed by atoms with Gasteiger partial charge in [-0.15, -0.1) is 0 Å². The van der Waals surface area contributed by atoms with Gasteiger partial charge in [-0.25, -0.2) is 0 Å². The fraction of sp³-hybridized carbons (Fsp3) is 0.462. The number of nitrogens with zero attached hydrogens (tertiary/aromatic N) is 1. The minimum absolute atomic E-state index is 0.524. The number of hydrogen-bond acceptors (Lipinski definition) is 1. The second-order valence-corrected chi connectivity index (χ2v) is 4.12. The molecule has 0 unspecified atom stereocenters. The van der Waals surface area contributed by atoms with Gasteiger partial charge in [0.15, 0.2) is 0 Å². The van der Waals surface area contributed by atoms with Crippen molar-refractivity contribution in [1.82, 2.24) is 0 Å². The Balaban J connectivity index is 3.19. The molecule has 1 heteroatoms. The van der Waals surface area contributed by atoms with Gasteiger partial charge >= 0.3 is 0 Å². The maximum absolute atomic E-state index is 8.70. The first-order valence-corrected chi connectivity index (χ1v) is 5.03. The van der Waals surface area contributed by atoms with Crippen molar-refractivity contribution in [2.75, 3.05) is 0 Å². The van der Waals surface area contributed by atoms with Crippen LogP contribution in [-0.2, 0) is 6.42 Å². The molecule has 0 aliphatic carbocycles. The van der Waals surface area contributed by atoms with Gasteiger partial charge in [0.2, 0.25) is 0 Å². The molecule has 1 rings (SSSR count). The lowest BCUT2D eigenvalue weighted by Crippen LogP contribution is -1.97. The zero-order valence-corrected chi connectivity index (χ0v) is 9.39. The van der Waals surface area contributed by atoms with E-state index in [0.29, 0.717) is 12.3 Å². The van der Waals surface area contributed by atoms with Crippen molar-refractivity contribution in [1.29, 1.82) is 5.26 Å². The molecule has 0 fully saturated rings. The fourth-order valence-corrected chi connectivity index (χ4v) is 1.72. The fourth-order valence-electron chi connectivity index (χ4n) is 1.72. The van der Waals surface area contributed by atoms with E-state index in [1.807, 2.05) is 0 Å². The van der Waals surface area contributed by atoms with Crippen molar-refractivity contribution in [3.63, 3.8) is 0 Å². The van der Waals surface area contributed by atoms with Crippen LogP contribution in [0.2, 0.25) is 0 Å². The van der Waals surface area contributed by atoms with Crippen LogP contribution in [0.25, 0.3) is 0 Å². The molecule has 14 heavy (non-hydrogen) atoms. The lowest BCUT2D eigenvalue weighted by molar-refractivity contribution is 0.860. The molecule has 74 valence electrons. The summed E-state index contributed by atoms with van der Waals surface area (Å²) in [5.41, 5.74) is 5.05. The molecule has 0 aliphatic heterocycles. The highest BCUT2D eigenvalue weighted by Crippen LogP contribution is 2.22. The summed E-state index contributed by atoms with van der Waals surface area (Å²) in [5, 5.41) is 8.70. The summed E-state index contributed by atoms with van der Waals surface area (Å²) in [7, 11) is 0. The first kappa shape index (κ1) is 10.8. The molecule has 0 aromatic heterocycles. The van der Waals surface area contributed by atoms with Crippen LogP contribution in [-0.4, -0.2) is 0 Å². The Bertz CT molecular complexity index is 346. The van der Waals surface area contributed by atoms with Gasteiger partial charge in [0, 0.05) is 0 Å². The third-order valence-electron chi connectivity index (χ3n) is 2.64. The van der Waals surface area contributed by atoms with Gasteiger partial charge in [-0.05, 0) is 42.0 Å². The standard InChI is InChI=1S/C13H17N/c1-9(2)12-7-10(3)13(5-6-14)11(4)8-12/h7-9H,5H2,1-4H3. The van der Waals surface area contributed by atoms with Crippen molar-refractivity contribution in [3.05, 3.63) is 34.4 Å². The van der Waals surface area contributed by atoms with E-state index in [1.54, 1.807) is 0 Å². The molecule has 0 N–H and O–H groups in total.